The predicted molar refractivity (Wildman–Crippen MR) is 90.0 cm³/mol. The highest BCUT2D eigenvalue weighted by Gasteiger charge is 1.98. The van der Waals surface area contributed by atoms with Gasteiger partial charge in [-0.1, -0.05) is 44.8 Å². The van der Waals surface area contributed by atoms with Gasteiger partial charge < -0.3 is 4.74 Å². The Labute approximate surface area is 131 Å². The molecule has 120 valence electrons. The molecule has 0 unspecified atom stereocenters. The third-order valence-corrected chi connectivity index (χ3v) is 3.36. The van der Waals surface area contributed by atoms with Gasteiger partial charge in [-0.3, -0.25) is 4.79 Å². The summed E-state index contributed by atoms with van der Waals surface area (Å²) in [6, 6.07) is 0. The van der Waals surface area contributed by atoms with Crippen molar-refractivity contribution in [2.75, 3.05) is 7.11 Å². The van der Waals surface area contributed by atoms with Gasteiger partial charge >= 0.3 is 5.97 Å². The van der Waals surface area contributed by atoms with Crippen molar-refractivity contribution in [1.82, 2.24) is 0 Å². The Kier molecular flexibility index (Phi) is 15.8. The van der Waals surface area contributed by atoms with Gasteiger partial charge in [-0.05, 0) is 32.1 Å². The van der Waals surface area contributed by atoms with Crippen molar-refractivity contribution in [2.24, 2.45) is 0 Å². The van der Waals surface area contributed by atoms with Gasteiger partial charge in [0.25, 0.3) is 0 Å². The molecule has 0 spiro atoms. The van der Waals surface area contributed by atoms with Gasteiger partial charge in [0, 0.05) is 19.3 Å². The maximum Gasteiger partial charge on any atom is 0.305 e. The number of carbonyl (C=O) groups is 1. The number of hydrogen-bond acceptors (Lipinski definition) is 2. The zero-order chi connectivity index (χ0) is 15.6. The molecule has 0 atom stereocenters. The Balaban J connectivity index is 3.25. The van der Waals surface area contributed by atoms with E-state index in [0.717, 1.165) is 44.9 Å². The van der Waals surface area contributed by atoms with Gasteiger partial charge in [0.2, 0.25) is 0 Å². The van der Waals surface area contributed by atoms with E-state index in [4.69, 9.17) is 0 Å². The molecule has 0 aromatic carbocycles. The normalized spacial score (nSPS) is 10.4. The highest BCUT2D eigenvalue weighted by atomic mass is 16.5. The van der Waals surface area contributed by atoms with Gasteiger partial charge in [-0.25, -0.2) is 0 Å². The van der Waals surface area contributed by atoms with E-state index in [1.165, 1.54) is 32.8 Å². The number of rotatable bonds is 12. The molecule has 2 heteroatoms. The summed E-state index contributed by atoms with van der Waals surface area (Å²) in [5, 5.41) is 0. The van der Waals surface area contributed by atoms with Crippen LogP contribution in [0.25, 0.3) is 0 Å². The summed E-state index contributed by atoms with van der Waals surface area (Å²) < 4.78 is 4.60. The molecule has 0 radical (unpaired) electrons. The van der Waals surface area contributed by atoms with Gasteiger partial charge in [-0.15, -0.1) is 11.8 Å². The van der Waals surface area contributed by atoms with E-state index in [0.29, 0.717) is 6.42 Å². The molecule has 0 amide bonds. The van der Waals surface area contributed by atoms with Crippen molar-refractivity contribution in [2.45, 2.75) is 84.0 Å². The fraction of sp³-hybridized carbons (Fsp3) is 0.737. The Morgan fingerprint density at radius 1 is 0.905 bits per heavy atom. The number of hydrogen-bond donors (Lipinski definition) is 0. The molecule has 0 saturated carbocycles. The monoisotopic (exact) mass is 292 g/mol. The topological polar surface area (TPSA) is 26.3 Å². The van der Waals surface area contributed by atoms with E-state index >= 15 is 0 Å². The largest absolute Gasteiger partial charge is 0.469 e. The number of carbonyl (C=O) groups excluding carboxylic acids is 1. The van der Waals surface area contributed by atoms with Crippen LogP contribution in [0.3, 0.4) is 0 Å². The number of esters is 1. The smallest absolute Gasteiger partial charge is 0.305 e. The summed E-state index contributed by atoms with van der Waals surface area (Å²) in [6.07, 6.45) is 17.6. The molecule has 0 aliphatic carbocycles. The lowest BCUT2D eigenvalue weighted by atomic mass is 10.1. The van der Waals surface area contributed by atoms with E-state index < -0.39 is 0 Å². The average Bonchev–Trinajstić information content (AvgIpc) is 2.50. The molecule has 0 aromatic rings. The Morgan fingerprint density at radius 2 is 1.62 bits per heavy atom. The zero-order valence-electron chi connectivity index (χ0n) is 14.0. The van der Waals surface area contributed by atoms with Crippen LogP contribution in [0.4, 0.5) is 0 Å². The summed E-state index contributed by atoms with van der Waals surface area (Å²) in [5.41, 5.74) is 0. The van der Waals surface area contributed by atoms with Crippen molar-refractivity contribution in [1.29, 1.82) is 0 Å². The molecule has 0 rings (SSSR count). The van der Waals surface area contributed by atoms with Crippen molar-refractivity contribution in [3.63, 3.8) is 0 Å². The number of ether oxygens (including phenoxy) is 1. The minimum Gasteiger partial charge on any atom is -0.469 e. The molecule has 0 aliphatic heterocycles. The Hall–Kier alpha value is -1.23. The Morgan fingerprint density at radius 3 is 2.38 bits per heavy atom. The van der Waals surface area contributed by atoms with E-state index in [1.54, 1.807) is 0 Å². The van der Waals surface area contributed by atoms with Crippen LogP contribution in [0, 0.1) is 11.8 Å². The first-order chi connectivity index (χ1) is 10.3. The van der Waals surface area contributed by atoms with Crippen molar-refractivity contribution in [3.05, 3.63) is 12.2 Å². The van der Waals surface area contributed by atoms with Gasteiger partial charge in [-0.2, -0.15) is 0 Å². The molecule has 0 fully saturated rings. The van der Waals surface area contributed by atoms with Crippen LogP contribution in [-0.4, -0.2) is 13.1 Å². The van der Waals surface area contributed by atoms with E-state index in [9.17, 15) is 4.79 Å². The molecule has 0 heterocycles. The molecule has 0 saturated heterocycles. The summed E-state index contributed by atoms with van der Waals surface area (Å²) in [4.78, 5) is 10.9. The highest BCUT2D eigenvalue weighted by Crippen LogP contribution is 2.05. The third-order valence-electron chi connectivity index (χ3n) is 3.36. The lowest BCUT2D eigenvalue weighted by Gasteiger charge is -1.98. The first kappa shape index (κ1) is 19.8. The van der Waals surface area contributed by atoms with E-state index in [2.05, 4.69) is 35.7 Å². The highest BCUT2D eigenvalue weighted by molar-refractivity contribution is 5.68. The molecule has 2 nitrogen and oxygen atoms in total. The lowest BCUT2D eigenvalue weighted by Crippen LogP contribution is -1.98. The van der Waals surface area contributed by atoms with Crippen LogP contribution >= 0.6 is 0 Å². The second kappa shape index (κ2) is 16.8. The van der Waals surface area contributed by atoms with Crippen LogP contribution in [-0.2, 0) is 9.53 Å². The van der Waals surface area contributed by atoms with Crippen molar-refractivity contribution >= 4 is 5.97 Å². The van der Waals surface area contributed by atoms with Gasteiger partial charge in [0.05, 0.1) is 7.11 Å². The molecule has 0 bridgehead atoms. The number of unbranched alkanes of at least 4 members (excludes halogenated alkanes) is 8. The van der Waals surface area contributed by atoms with Crippen LogP contribution in [0.5, 0.6) is 0 Å². The maximum atomic E-state index is 10.9. The van der Waals surface area contributed by atoms with Crippen molar-refractivity contribution < 1.29 is 9.53 Å². The molecule has 0 aliphatic rings. The van der Waals surface area contributed by atoms with E-state index in [-0.39, 0.29) is 5.97 Å². The summed E-state index contributed by atoms with van der Waals surface area (Å²) >= 11 is 0. The first-order valence-electron chi connectivity index (χ1n) is 8.48. The quantitative estimate of drug-likeness (QED) is 0.208. The van der Waals surface area contributed by atoms with E-state index in [1.807, 2.05) is 0 Å². The van der Waals surface area contributed by atoms with Gasteiger partial charge in [0.1, 0.15) is 0 Å². The predicted octanol–water partition coefficient (Wildman–Crippen LogP) is 5.42. The molecule has 0 aromatic heterocycles. The standard InChI is InChI=1S/C19H32O2/c1-3-4-5-6-7-8-9-10-11-12-13-14-15-16-17-18-19(20)21-2/h7-8H,3-6,9-10,13-18H2,1-2H3. The van der Waals surface area contributed by atoms with Crippen LogP contribution in [0.2, 0.25) is 0 Å². The summed E-state index contributed by atoms with van der Waals surface area (Å²) in [7, 11) is 1.44. The maximum absolute atomic E-state index is 10.9. The molecular formula is C19H32O2. The fourth-order valence-electron chi connectivity index (χ4n) is 2.02. The minimum atomic E-state index is -0.0995. The number of methoxy groups -OCH3 is 1. The van der Waals surface area contributed by atoms with Gasteiger partial charge in [0.15, 0.2) is 0 Å². The Bertz CT molecular complexity index is 320. The zero-order valence-corrected chi connectivity index (χ0v) is 14.0. The summed E-state index contributed by atoms with van der Waals surface area (Å²) in [5.74, 6) is 6.36. The van der Waals surface area contributed by atoms with Crippen LogP contribution in [0.15, 0.2) is 12.2 Å². The molecule has 0 N–H and O–H groups in total. The van der Waals surface area contributed by atoms with Crippen molar-refractivity contribution in [3.8, 4) is 11.8 Å². The van der Waals surface area contributed by atoms with Crippen LogP contribution < -0.4 is 0 Å². The summed E-state index contributed by atoms with van der Waals surface area (Å²) in [6.45, 7) is 2.23. The fourth-order valence-corrected chi connectivity index (χ4v) is 2.02. The SMILES string of the molecule is CCCCCC=CCCC#CCCCCCCC(=O)OC. The lowest BCUT2D eigenvalue weighted by molar-refractivity contribution is -0.140. The second-order valence-corrected chi connectivity index (χ2v) is 5.35. The third kappa shape index (κ3) is 16.7. The average molecular weight is 292 g/mol. The van der Waals surface area contributed by atoms with Crippen LogP contribution in [0.1, 0.15) is 84.0 Å². The first-order valence-corrected chi connectivity index (χ1v) is 8.48. The second-order valence-electron chi connectivity index (χ2n) is 5.35. The molecule has 21 heavy (non-hydrogen) atoms. The minimum absolute atomic E-state index is 0.0995. The number of allylic oxidation sites excluding steroid dienone is 2. The molecular weight excluding hydrogens is 260 g/mol.